The number of carbonyl (C=O) groups excluding carboxylic acids is 1. The van der Waals surface area contributed by atoms with Crippen molar-refractivity contribution in [3.63, 3.8) is 0 Å². The predicted octanol–water partition coefficient (Wildman–Crippen LogP) is 5.92. The van der Waals surface area contributed by atoms with Crippen molar-refractivity contribution < 1.29 is 9.21 Å². The van der Waals surface area contributed by atoms with Gasteiger partial charge in [0.05, 0.1) is 21.7 Å². The van der Waals surface area contributed by atoms with Crippen LogP contribution in [0.1, 0.15) is 10.4 Å². The fraction of sp³-hybridized carbons (Fsp3) is 0. The molecule has 3 heterocycles. The first-order valence-corrected chi connectivity index (χ1v) is 10.3. The first-order chi connectivity index (χ1) is 14.7. The highest BCUT2D eigenvalue weighted by molar-refractivity contribution is 7.13. The molecule has 0 saturated carbocycles. The van der Waals surface area contributed by atoms with Crippen LogP contribution in [-0.2, 0) is 0 Å². The van der Waals surface area contributed by atoms with E-state index in [1.807, 2.05) is 41.8 Å². The number of rotatable bonds is 4. The SMILES string of the molecule is O=C(Nc1nnc(-c2ccc(Cl)cc2)o1)c1cc(-c2cccs2)nc2ccccc12. The van der Waals surface area contributed by atoms with Crippen LogP contribution in [0.3, 0.4) is 0 Å². The third-order valence-electron chi connectivity index (χ3n) is 4.47. The molecule has 0 aliphatic rings. The molecule has 0 atom stereocenters. The number of hydrogen-bond acceptors (Lipinski definition) is 6. The first kappa shape index (κ1) is 18.5. The predicted molar refractivity (Wildman–Crippen MR) is 118 cm³/mol. The molecule has 0 fully saturated rings. The van der Waals surface area contributed by atoms with Gasteiger partial charge in [0, 0.05) is 16.0 Å². The van der Waals surface area contributed by atoms with Crippen molar-refractivity contribution in [2.45, 2.75) is 0 Å². The Hall–Kier alpha value is -3.55. The van der Waals surface area contributed by atoms with E-state index in [4.69, 9.17) is 16.0 Å². The molecule has 6 nitrogen and oxygen atoms in total. The van der Waals surface area contributed by atoms with Gasteiger partial charge in [-0.15, -0.1) is 16.4 Å². The van der Waals surface area contributed by atoms with Crippen LogP contribution < -0.4 is 5.32 Å². The Morgan fingerprint density at radius 2 is 1.83 bits per heavy atom. The Labute approximate surface area is 180 Å². The minimum absolute atomic E-state index is 0.0171. The molecule has 8 heteroatoms. The molecule has 0 saturated heterocycles. The number of aromatic nitrogens is 3. The molecule has 0 radical (unpaired) electrons. The van der Waals surface area contributed by atoms with Gasteiger partial charge in [0.1, 0.15) is 0 Å². The van der Waals surface area contributed by atoms with Gasteiger partial charge in [-0.1, -0.05) is 41.0 Å². The number of para-hydroxylation sites is 1. The van der Waals surface area contributed by atoms with Crippen LogP contribution in [0.15, 0.2) is 76.5 Å². The number of fused-ring (bicyclic) bond motifs is 1. The summed E-state index contributed by atoms with van der Waals surface area (Å²) in [7, 11) is 0. The van der Waals surface area contributed by atoms with E-state index >= 15 is 0 Å². The van der Waals surface area contributed by atoms with E-state index in [2.05, 4.69) is 20.5 Å². The smallest absolute Gasteiger partial charge is 0.322 e. The Kier molecular flexibility index (Phi) is 4.74. The molecule has 1 N–H and O–H groups in total. The van der Waals surface area contributed by atoms with Gasteiger partial charge in [-0.2, -0.15) is 0 Å². The summed E-state index contributed by atoms with van der Waals surface area (Å²) in [6.07, 6.45) is 0. The van der Waals surface area contributed by atoms with E-state index in [1.54, 1.807) is 41.7 Å². The van der Waals surface area contributed by atoms with Crippen LogP contribution in [0.4, 0.5) is 6.01 Å². The minimum atomic E-state index is -0.349. The summed E-state index contributed by atoms with van der Waals surface area (Å²) in [5.41, 5.74) is 2.67. The van der Waals surface area contributed by atoms with Gasteiger partial charge in [0.15, 0.2) is 0 Å². The van der Waals surface area contributed by atoms with Crippen molar-refractivity contribution in [1.29, 1.82) is 0 Å². The van der Waals surface area contributed by atoms with Crippen LogP contribution in [0.2, 0.25) is 5.02 Å². The summed E-state index contributed by atoms with van der Waals surface area (Å²) < 4.78 is 5.61. The van der Waals surface area contributed by atoms with Gasteiger partial charge in [0.25, 0.3) is 5.91 Å². The van der Waals surface area contributed by atoms with Crippen LogP contribution in [0.5, 0.6) is 0 Å². The summed E-state index contributed by atoms with van der Waals surface area (Å²) in [6.45, 7) is 0. The van der Waals surface area contributed by atoms with E-state index < -0.39 is 0 Å². The van der Waals surface area contributed by atoms with Gasteiger partial charge >= 0.3 is 6.01 Å². The number of amides is 1. The number of benzene rings is 2. The summed E-state index contributed by atoms with van der Waals surface area (Å²) in [4.78, 5) is 18.7. The number of pyridine rings is 1. The zero-order valence-corrected chi connectivity index (χ0v) is 16.9. The molecule has 30 heavy (non-hydrogen) atoms. The largest absolute Gasteiger partial charge is 0.403 e. The highest BCUT2D eigenvalue weighted by Gasteiger charge is 2.17. The standard InChI is InChI=1S/C22H13ClN4O2S/c23-14-9-7-13(8-10-14)21-26-27-22(29-21)25-20(28)16-12-18(19-6-3-11-30-19)24-17-5-2-1-4-15(16)17/h1-12H,(H,25,27,28). The fourth-order valence-corrected chi connectivity index (χ4v) is 3.87. The van der Waals surface area contributed by atoms with Gasteiger partial charge in [-0.05, 0) is 47.8 Å². The van der Waals surface area contributed by atoms with Crippen molar-refractivity contribution >= 4 is 45.8 Å². The Morgan fingerprint density at radius 1 is 1.00 bits per heavy atom. The summed E-state index contributed by atoms with van der Waals surface area (Å²) in [5.74, 6) is -0.0569. The monoisotopic (exact) mass is 432 g/mol. The number of nitrogens with zero attached hydrogens (tertiary/aromatic N) is 3. The number of carbonyl (C=O) groups is 1. The number of hydrogen-bond donors (Lipinski definition) is 1. The van der Waals surface area contributed by atoms with E-state index in [1.165, 1.54) is 0 Å². The topological polar surface area (TPSA) is 80.9 Å². The molecule has 0 unspecified atom stereocenters. The van der Waals surface area contributed by atoms with Gasteiger partial charge < -0.3 is 4.42 Å². The summed E-state index contributed by atoms with van der Waals surface area (Å²) >= 11 is 7.48. The van der Waals surface area contributed by atoms with Gasteiger partial charge in [0.2, 0.25) is 5.89 Å². The lowest BCUT2D eigenvalue weighted by atomic mass is 10.1. The van der Waals surface area contributed by atoms with Crippen LogP contribution in [0.25, 0.3) is 32.9 Å². The summed E-state index contributed by atoms with van der Waals surface area (Å²) in [6, 6.07) is 20.2. The van der Waals surface area contributed by atoms with Crippen molar-refractivity contribution in [3.05, 3.63) is 82.7 Å². The van der Waals surface area contributed by atoms with Crippen LogP contribution >= 0.6 is 22.9 Å². The molecule has 2 aromatic carbocycles. The molecule has 0 aliphatic carbocycles. The fourth-order valence-electron chi connectivity index (χ4n) is 3.06. The third-order valence-corrected chi connectivity index (χ3v) is 5.62. The second-order valence-electron chi connectivity index (χ2n) is 6.42. The molecule has 146 valence electrons. The van der Waals surface area contributed by atoms with Crippen molar-refractivity contribution in [1.82, 2.24) is 15.2 Å². The lowest BCUT2D eigenvalue weighted by molar-refractivity contribution is 0.102. The van der Waals surface area contributed by atoms with Crippen molar-refractivity contribution in [2.75, 3.05) is 5.32 Å². The lowest BCUT2D eigenvalue weighted by Gasteiger charge is -2.08. The molecule has 5 aromatic rings. The number of nitrogens with one attached hydrogen (secondary N) is 1. The molecular formula is C22H13ClN4O2S. The second-order valence-corrected chi connectivity index (χ2v) is 7.81. The van der Waals surface area contributed by atoms with E-state index in [0.717, 1.165) is 21.5 Å². The molecule has 0 bridgehead atoms. The van der Waals surface area contributed by atoms with Gasteiger partial charge in [-0.25, -0.2) is 4.98 Å². The molecule has 3 aromatic heterocycles. The lowest BCUT2D eigenvalue weighted by Crippen LogP contribution is -2.13. The average Bonchev–Trinajstić information content (AvgIpc) is 3.46. The Bertz CT molecular complexity index is 1350. The van der Waals surface area contributed by atoms with Gasteiger partial charge in [-0.3, -0.25) is 10.1 Å². The Balaban J connectivity index is 1.48. The molecular weight excluding hydrogens is 420 g/mol. The maximum absolute atomic E-state index is 13.1. The summed E-state index contributed by atoms with van der Waals surface area (Å²) in [5, 5.41) is 14.0. The van der Waals surface area contributed by atoms with Crippen molar-refractivity contribution in [2.24, 2.45) is 0 Å². The van der Waals surface area contributed by atoms with Crippen LogP contribution in [-0.4, -0.2) is 21.1 Å². The quantitative estimate of drug-likeness (QED) is 0.381. The second kappa shape index (κ2) is 7.70. The maximum Gasteiger partial charge on any atom is 0.322 e. The number of thiophene rings is 1. The third kappa shape index (κ3) is 3.56. The zero-order valence-electron chi connectivity index (χ0n) is 15.4. The van der Waals surface area contributed by atoms with Crippen LogP contribution in [0, 0.1) is 0 Å². The molecule has 0 spiro atoms. The normalized spacial score (nSPS) is 11.0. The number of anilines is 1. The van der Waals surface area contributed by atoms with E-state index in [9.17, 15) is 4.79 Å². The minimum Gasteiger partial charge on any atom is -0.403 e. The highest BCUT2D eigenvalue weighted by Crippen LogP contribution is 2.28. The molecule has 5 rings (SSSR count). The Morgan fingerprint density at radius 3 is 2.63 bits per heavy atom. The maximum atomic E-state index is 13.1. The highest BCUT2D eigenvalue weighted by atomic mass is 35.5. The molecule has 0 aliphatic heterocycles. The van der Waals surface area contributed by atoms with E-state index in [0.29, 0.717) is 22.0 Å². The van der Waals surface area contributed by atoms with Crippen molar-refractivity contribution in [3.8, 4) is 22.0 Å². The first-order valence-electron chi connectivity index (χ1n) is 9.02. The zero-order chi connectivity index (χ0) is 20.5. The number of halogens is 1. The molecule has 1 amide bonds. The van der Waals surface area contributed by atoms with E-state index in [-0.39, 0.29) is 11.9 Å². The average molecular weight is 433 g/mol.